The van der Waals surface area contributed by atoms with Gasteiger partial charge in [0.2, 0.25) is 0 Å². The van der Waals surface area contributed by atoms with Crippen LogP contribution in [0.3, 0.4) is 0 Å². The fourth-order valence-electron chi connectivity index (χ4n) is 2.54. The van der Waals surface area contributed by atoms with Crippen LogP contribution in [-0.2, 0) is 0 Å². The molecule has 0 bridgehead atoms. The van der Waals surface area contributed by atoms with Crippen molar-refractivity contribution in [1.29, 1.82) is 0 Å². The van der Waals surface area contributed by atoms with Crippen LogP contribution >= 0.6 is 11.6 Å². The zero-order valence-electron chi connectivity index (χ0n) is 10.8. The number of carbonyl (C=O) groups is 1. The third kappa shape index (κ3) is 3.26. The van der Waals surface area contributed by atoms with E-state index in [1.54, 1.807) is 0 Å². The number of likely N-dealkylation sites (tertiary alicyclic amines) is 1. The minimum atomic E-state index is -1.16. The lowest BCUT2D eigenvalue weighted by molar-refractivity contribution is 0.0661. The van der Waals surface area contributed by atoms with Gasteiger partial charge >= 0.3 is 0 Å². The molecule has 0 saturated carbocycles. The van der Waals surface area contributed by atoms with Gasteiger partial charge in [-0.05, 0) is 25.2 Å². The Bertz CT molecular complexity index is 484. The van der Waals surface area contributed by atoms with Gasteiger partial charge in [0, 0.05) is 31.1 Å². The molecule has 1 heterocycles. The SMILES string of the molecule is O=C(c1c(F)cc(F)cc1F)N1CCCC(CCCl)C1. The van der Waals surface area contributed by atoms with Crippen molar-refractivity contribution in [1.82, 2.24) is 4.90 Å². The van der Waals surface area contributed by atoms with E-state index in [-0.39, 0.29) is 5.92 Å². The van der Waals surface area contributed by atoms with Gasteiger partial charge in [0.25, 0.3) is 5.91 Å². The Morgan fingerprint density at radius 2 is 1.95 bits per heavy atom. The molecule has 1 aromatic rings. The summed E-state index contributed by atoms with van der Waals surface area (Å²) in [6.07, 6.45) is 2.49. The van der Waals surface area contributed by atoms with E-state index in [9.17, 15) is 18.0 Å². The maximum atomic E-state index is 13.6. The molecule has 1 atom stereocenters. The largest absolute Gasteiger partial charge is 0.338 e. The van der Waals surface area contributed by atoms with Gasteiger partial charge in [-0.3, -0.25) is 4.79 Å². The van der Waals surface area contributed by atoms with Crippen LogP contribution in [0, 0.1) is 23.4 Å². The number of alkyl halides is 1. The standard InChI is InChI=1S/C14H15ClF3NO/c15-4-3-9-2-1-5-19(8-9)14(20)13-11(17)6-10(16)7-12(13)18/h6-7,9H,1-5,8H2. The molecule has 0 radical (unpaired) electrons. The predicted octanol–water partition coefficient (Wildman–Crippen LogP) is 3.59. The normalized spacial score (nSPS) is 19.2. The first-order chi connectivity index (χ1) is 9.52. The molecular weight excluding hydrogens is 291 g/mol. The third-order valence-corrected chi connectivity index (χ3v) is 3.76. The monoisotopic (exact) mass is 305 g/mol. The fourth-order valence-corrected chi connectivity index (χ4v) is 2.85. The van der Waals surface area contributed by atoms with Crippen LogP contribution in [0.5, 0.6) is 0 Å². The number of piperidine rings is 1. The fraction of sp³-hybridized carbons (Fsp3) is 0.500. The molecule has 1 aliphatic rings. The molecule has 2 rings (SSSR count). The highest BCUT2D eigenvalue weighted by Crippen LogP contribution is 2.23. The second-order valence-electron chi connectivity index (χ2n) is 4.98. The van der Waals surface area contributed by atoms with Crippen molar-refractivity contribution >= 4 is 17.5 Å². The van der Waals surface area contributed by atoms with E-state index in [2.05, 4.69) is 0 Å². The second kappa shape index (κ2) is 6.48. The van der Waals surface area contributed by atoms with Crippen LogP contribution in [-0.4, -0.2) is 29.8 Å². The molecule has 1 aliphatic heterocycles. The molecular formula is C14H15ClF3NO. The van der Waals surface area contributed by atoms with Gasteiger partial charge in [-0.15, -0.1) is 11.6 Å². The summed E-state index contributed by atoms with van der Waals surface area (Å²) in [6.45, 7) is 0.885. The number of rotatable bonds is 3. The van der Waals surface area contributed by atoms with Gasteiger partial charge in [0.1, 0.15) is 23.0 Å². The average molecular weight is 306 g/mol. The van der Waals surface area contributed by atoms with Crippen molar-refractivity contribution < 1.29 is 18.0 Å². The number of nitrogens with zero attached hydrogens (tertiary/aromatic N) is 1. The summed E-state index contributed by atoms with van der Waals surface area (Å²) in [7, 11) is 0. The van der Waals surface area contributed by atoms with Crippen LogP contribution in [0.4, 0.5) is 13.2 Å². The van der Waals surface area contributed by atoms with Crippen LogP contribution in [0.1, 0.15) is 29.6 Å². The molecule has 2 nitrogen and oxygen atoms in total. The van der Waals surface area contributed by atoms with Gasteiger partial charge < -0.3 is 4.90 Å². The predicted molar refractivity (Wildman–Crippen MR) is 70.3 cm³/mol. The topological polar surface area (TPSA) is 20.3 Å². The molecule has 0 aliphatic carbocycles. The van der Waals surface area contributed by atoms with Crippen molar-refractivity contribution in [2.45, 2.75) is 19.3 Å². The average Bonchev–Trinajstić information content (AvgIpc) is 2.38. The molecule has 20 heavy (non-hydrogen) atoms. The number of hydrogen-bond acceptors (Lipinski definition) is 1. The molecule has 1 unspecified atom stereocenters. The Hall–Kier alpha value is -1.23. The van der Waals surface area contributed by atoms with Crippen LogP contribution in [0.2, 0.25) is 0 Å². The van der Waals surface area contributed by atoms with Crippen LogP contribution < -0.4 is 0 Å². The highest BCUT2D eigenvalue weighted by atomic mass is 35.5. The lowest BCUT2D eigenvalue weighted by Gasteiger charge is -2.32. The maximum Gasteiger partial charge on any atom is 0.259 e. The van der Waals surface area contributed by atoms with Crippen molar-refractivity contribution in [2.75, 3.05) is 19.0 Å². The third-order valence-electron chi connectivity index (χ3n) is 3.54. The van der Waals surface area contributed by atoms with E-state index in [4.69, 9.17) is 11.6 Å². The lowest BCUT2D eigenvalue weighted by Crippen LogP contribution is -2.40. The van der Waals surface area contributed by atoms with E-state index < -0.39 is 28.9 Å². The summed E-state index contributed by atoms with van der Waals surface area (Å²) >= 11 is 5.68. The van der Waals surface area contributed by atoms with Gasteiger partial charge in [-0.1, -0.05) is 0 Å². The van der Waals surface area contributed by atoms with Gasteiger partial charge in [-0.2, -0.15) is 0 Å². The highest BCUT2D eigenvalue weighted by molar-refractivity contribution is 6.17. The van der Waals surface area contributed by atoms with E-state index in [1.807, 2.05) is 0 Å². The molecule has 1 amide bonds. The molecule has 0 N–H and O–H groups in total. The Labute approximate surface area is 120 Å². The lowest BCUT2D eigenvalue weighted by atomic mass is 9.95. The summed E-state index contributed by atoms with van der Waals surface area (Å²) in [5, 5.41) is 0. The zero-order chi connectivity index (χ0) is 14.7. The van der Waals surface area contributed by atoms with E-state index in [0.29, 0.717) is 31.1 Å². The summed E-state index contributed by atoms with van der Waals surface area (Å²) in [5.41, 5.74) is -0.682. The van der Waals surface area contributed by atoms with E-state index >= 15 is 0 Å². The first-order valence-electron chi connectivity index (χ1n) is 6.52. The van der Waals surface area contributed by atoms with Crippen LogP contribution in [0.25, 0.3) is 0 Å². The van der Waals surface area contributed by atoms with E-state index in [1.165, 1.54) is 4.90 Å². The highest BCUT2D eigenvalue weighted by Gasteiger charge is 2.28. The van der Waals surface area contributed by atoms with E-state index in [0.717, 1.165) is 19.3 Å². The number of hydrogen-bond donors (Lipinski definition) is 0. The number of carbonyl (C=O) groups excluding carboxylic acids is 1. The van der Waals surface area contributed by atoms with Crippen molar-refractivity contribution in [3.8, 4) is 0 Å². The first-order valence-corrected chi connectivity index (χ1v) is 7.06. The second-order valence-corrected chi connectivity index (χ2v) is 5.36. The van der Waals surface area contributed by atoms with Crippen LogP contribution in [0.15, 0.2) is 12.1 Å². The van der Waals surface area contributed by atoms with Crippen molar-refractivity contribution in [3.05, 3.63) is 35.1 Å². The van der Waals surface area contributed by atoms with Gasteiger partial charge in [0.05, 0.1) is 0 Å². The molecule has 0 spiro atoms. The number of benzene rings is 1. The minimum absolute atomic E-state index is 0.247. The summed E-state index contributed by atoms with van der Waals surface area (Å²) in [5.74, 6) is -3.34. The van der Waals surface area contributed by atoms with Crippen molar-refractivity contribution in [3.63, 3.8) is 0 Å². The Kier molecular flexibility index (Phi) is 4.91. The van der Waals surface area contributed by atoms with Gasteiger partial charge in [0.15, 0.2) is 0 Å². The molecule has 1 fully saturated rings. The summed E-state index contributed by atoms with van der Waals surface area (Å²) in [4.78, 5) is 13.6. The molecule has 1 aromatic carbocycles. The Balaban J connectivity index is 2.19. The molecule has 6 heteroatoms. The molecule has 110 valence electrons. The smallest absolute Gasteiger partial charge is 0.259 e. The number of halogens is 4. The van der Waals surface area contributed by atoms with Crippen molar-refractivity contribution in [2.24, 2.45) is 5.92 Å². The molecule has 1 saturated heterocycles. The quantitative estimate of drug-likeness (QED) is 0.782. The summed E-state index contributed by atoms with van der Waals surface area (Å²) < 4.78 is 40.1. The van der Waals surface area contributed by atoms with Gasteiger partial charge in [-0.25, -0.2) is 13.2 Å². The summed E-state index contributed by atoms with van der Waals surface area (Å²) in [6, 6.07) is 1.05. The minimum Gasteiger partial charge on any atom is -0.338 e. The first kappa shape index (κ1) is 15.2. The Morgan fingerprint density at radius 1 is 1.30 bits per heavy atom. The molecule has 0 aromatic heterocycles. The Morgan fingerprint density at radius 3 is 2.55 bits per heavy atom. The zero-order valence-corrected chi connectivity index (χ0v) is 11.6. The maximum absolute atomic E-state index is 13.6. The number of amides is 1.